The molecule has 246 valence electrons. The molecule has 13 heteroatoms. The second kappa shape index (κ2) is 12.0. The molecular formula is C30H50NO11P. The van der Waals surface area contributed by atoms with Gasteiger partial charge in [-0.1, -0.05) is 31.6 Å². The van der Waals surface area contributed by atoms with Crippen molar-refractivity contribution in [3.63, 3.8) is 0 Å². The lowest BCUT2D eigenvalue weighted by Crippen LogP contribution is -2.81. The molecule has 0 spiro atoms. The van der Waals surface area contributed by atoms with E-state index in [1.54, 1.807) is 26.8 Å². The summed E-state index contributed by atoms with van der Waals surface area (Å²) < 4.78 is 40.9. The van der Waals surface area contributed by atoms with E-state index in [2.05, 4.69) is 6.58 Å². The molecule has 3 rings (SSSR count). The van der Waals surface area contributed by atoms with Gasteiger partial charge in [0.15, 0.2) is 11.4 Å². The minimum atomic E-state index is -4.73. The van der Waals surface area contributed by atoms with Gasteiger partial charge in [-0.15, -0.1) is 6.58 Å². The van der Waals surface area contributed by atoms with Gasteiger partial charge in [0.1, 0.15) is 31.0 Å². The summed E-state index contributed by atoms with van der Waals surface area (Å²) in [6.45, 7) is 13.3. The lowest BCUT2D eigenvalue weighted by molar-refractivity contribution is -0.870. The number of phosphoric acid groups is 1. The molecule has 0 amide bonds. The third-order valence-corrected chi connectivity index (χ3v) is 10.3. The molecule has 43 heavy (non-hydrogen) atoms. The van der Waals surface area contributed by atoms with Crippen molar-refractivity contribution in [3.05, 3.63) is 24.3 Å². The lowest BCUT2D eigenvalue weighted by Gasteiger charge is -2.67. The van der Waals surface area contributed by atoms with Crippen molar-refractivity contribution in [2.75, 3.05) is 47.5 Å². The first-order chi connectivity index (χ1) is 19.5. The number of fused-ring (bicyclic) bond motifs is 3. The number of hydrogen-bond acceptors (Lipinski definition) is 11. The summed E-state index contributed by atoms with van der Waals surface area (Å²) in [4.78, 5) is 38.3. The number of aliphatic hydroxyl groups excluding tert-OH is 1. The van der Waals surface area contributed by atoms with Gasteiger partial charge in [-0.2, -0.15) is 0 Å². The topological polar surface area (TPSA) is 161 Å². The van der Waals surface area contributed by atoms with E-state index in [-0.39, 0.29) is 19.6 Å². The van der Waals surface area contributed by atoms with Crippen molar-refractivity contribution in [2.45, 2.75) is 95.9 Å². The molecule has 0 radical (unpaired) electrons. The van der Waals surface area contributed by atoms with Crippen molar-refractivity contribution in [1.82, 2.24) is 0 Å². The van der Waals surface area contributed by atoms with Gasteiger partial charge < -0.3 is 42.8 Å². The Morgan fingerprint density at radius 2 is 1.86 bits per heavy atom. The van der Waals surface area contributed by atoms with E-state index in [4.69, 9.17) is 23.3 Å². The Balaban J connectivity index is 1.95. The molecule has 1 heterocycles. The highest BCUT2D eigenvalue weighted by atomic mass is 31.2. The van der Waals surface area contributed by atoms with Crippen LogP contribution in [0.3, 0.4) is 0 Å². The van der Waals surface area contributed by atoms with E-state index < -0.39 is 72.1 Å². The maximum absolute atomic E-state index is 14.0. The van der Waals surface area contributed by atoms with Crippen molar-refractivity contribution in [1.29, 1.82) is 0 Å². The summed E-state index contributed by atoms with van der Waals surface area (Å²) in [6, 6.07) is 0. The van der Waals surface area contributed by atoms with Crippen LogP contribution in [0.15, 0.2) is 24.3 Å². The predicted octanol–water partition coefficient (Wildman–Crippen LogP) is 2.06. The van der Waals surface area contributed by atoms with Crippen LogP contribution in [0.25, 0.3) is 0 Å². The molecule has 2 N–H and O–H groups in total. The maximum atomic E-state index is 14.0. The minimum absolute atomic E-state index is 0.0978. The van der Waals surface area contributed by atoms with Crippen molar-refractivity contribution < 1.29 is 57.0 Å². The van der Waals surface area contributed by atoms with Gasteiger partial charge in [-0.05, 0) is 39.0 Å². The van der Waals surface area contributed by atoms with Crippen LogP contribution < -0.4 is 4.89 Å². The molecule has 12 nitrogen and oxygen atoms in total. The number of carbonyl (C=O) groups excluding carboxylic acids is 2. The van der Waals surface area contributed by atoms with Gasteiger partial charge >= 0.3 is 5.97 Å². The molecule has 2 aliphatic carbocycles. The summed E-state index contributed by atoms with van der Waals surface area (Å²) in [7, 11) is 0.923. The van der Waals surface area contributed by atoms with E-state index >= 15 is 0 Å². The lowest BCUT2D eigenvalue weighted by atomic mass is 9.44. The number of aliphatic hydroxyl groups is 2. The van der Waals surface area contributed by atoms with Crippen LogP contribution in [0, 0.1) is 10.8 Å². The van der Waals surface area contributed by atoms with Gasteiger partial charge in [0, 0.05) is 13.3 Å². The normalized spacial score (nSPS) is 37.8. The van der Waals surface area contributed by atoms with Gasteiger partial charge in [-0.25, -0.2) is 0 Å². The SMILES string of the molecule is C=C[C@@]1(C)CC(=O)[C@@]2(O)[C@](C)(O1)[C@@H](OCC(COP(=O)([O-])OCC[N+](C)(C)C)OC(C)=O)C=C1C(C)(C)CC[C@H](O)[C@@]12C. The Morgan fingerprint density at radius 3 is 2.42 bits per heavy atom. The summed E-state index contributed by atoms with van der Waals surface area (Å²) >= 11 is 0. The number of ether oxygens (including phenoxy) is 3. The number of phosphoric ester groups is 1. The molecule has 2 unspecified atom stereocenters. The maximum Gasteiger partial charge on any atom is 0.303 e. The van der Waals surface area contributed by atoms with Crippen LogP contribution in [0.1, 0.15) is 60.8 Å². The summed E-state index contributed by atoms with van der Waals surface area (Å²) in [5.41, 5.74) is -6.32. The van der Waals surface area contributed by atoms with E-state index in [1.165, 1.54) is 13.0 Å². The Bertz CT molecular complexity index is 1180. The zero-order valence-corrected chi connectivity index (χ0v) is 27.9. The summed E-state index contributed by atoms with van der Waals surface area (Å²) in [6.07, 6.45) is 0.782. The Labute approximate surface area is 255 Å². The first-order valence-corrected chi connectivity index (χ1v) is 16.1. The van der Waals surface area contributed by atoms with Gasteiger partial charge in [0.05, 0.1) is 51.5 Å². The highest BCUT2D eigenvalue weighted by Gasteiger charge is 2.76. The zero-order chi connectivity index (χ0) is 32.9. The largest absolute Gasteiger partial charge is 0.756 e. The highest BCUT2D eigenvalue weighted by molar-refractivity contribution is 7.45. The first kappa shape index (κ1) is 36.0. The fraction of sp³-hybridized carbons (Fsp3) is 0.800. The van der Waals surface area contributed by atoms with E-state index in [0.717, 1.165) is 0 Å². The summed E-state index contributed by atoms with van der Waals surface area (Å²) in [5, 5.41) is 23.9. The standard InChI is InChI=1S/C30H50NO11P/c1-11-27(5)17-24(34)30(35)28(6)22(26(3,4)13-12-23(28)33)16-25(29(30,7)42-27)38-18-21(41-20(2)32)19-40-43(36,37)39-15-14-31(8,9)10/h11,16,21,23,25,33,35H,1,12-15,17-19H2,2-10H3/t21?,23-,25-,27-,28+,29+,30-/m0/s1. The van der Waals surface area contributed by atoms with Crippen LogP contribution in [0.4, 0.5) is 0 Å². The van der Waals surface area contributed by atoms with Gasteiger partial charge in [0.25, 0.3) is 7.82 Å². The third kappa shape index (κ3) is 6.88. The van der Waals surface area contributed by atoms with Gasteiger partial charge in [0.2, 0.25) is 0 Å². The fourth-order valence-electron chi connectivity index (χ4n) is 6.86. The molecular weight excluding hydrogens is 581 g/mol. The molecule has 1 saturated carbocycles. The van der Waals surface area contributed by atoms with Crippen LogP contribution in [0.5, 0.6) is 0 Å². The average molecular weight is 632 g/mol. The molecule has 2 fully saturated rings. The average Bonchev–Trinajstić information content (AvgIpc) is 2.85. The van der Waals surface area contributed by atoms with Crippen molar-refractivity contribution in [3.8, 4) is 0 Å². The molecule has 0 aromatic carbocycles. The van der Waals surface area contributed by atoms with Crippen molar-refractivity contribution in [2.24, 2.45) is 10.8 Å². The number of quaternary nitrogens is 1. The number of Topliss-reactive ketones (excluding diaryl/α,β-unsaturated/α-hetero) is 1. The second-order valence-corrected chi connectivity index (χ2v) is 15.7. The number of esters is 1. The molecule has 8 atom stereocenters. The Kier molecular flexibility index (Phi) is 10.1. The monoisotopic (exact) mass is 631 g/mol. The van der Waals surface area contributed by atoms with Crippen LogP contribution >= 0.6 is 7.82 Å². The smallest absolute Gasteiger partial charge is 0.303 e. The number of hydrogen-bond donors (Lipinski definition) is 2. The van der Waals surface area contributed by atoms with Gasteiger partial charge in [-0.3, -0.25) is 14.2 Å². The molecule has 1 aliphatic heterocycles. The van der Waals surface area contributed by atoms with Crippen LogP contribution in [0.2, 0.25) is 0 Å². The zero-order valence-electron chi connectivity index (χ0n) is 27.0. The number of nitrogens with zero attached hydrogens (tertiary/aromatic N) is 1. The molecule has 0 bridgehead atoms. The highest BCUT2D eigenvalue weighted by Crippen LogP contribution is 2.64. The minimum Gasteiger partial charge on any atom is -0.756 e. The number of carbonyl (C=O) groups is 2. The van der Waals surface area contributed by atoms with Crippen molar-refractivity contribution >= 4 is 19.6 Å². The van der Waals surface area contributed by atoms with Crippen LogP contribution in [-0.2, 0) is 37.4 Å². The molecule has 1 saturated heterocycles. The second-order valence-electron chi connectivity index (χ2n) is 14.3. The van der Waals surface area contributed by atoms with Crippen LogP contribution in [-0.4, -0.2) is 109 Å². The third-order valence-electron chi connectivity index (χ3n) is 9.35. The molecule has 3 aliphatic rings. The molecule has 0 aromatic heterocycles. The predicted molar refractivity (Wildman–Crippen MR) is 156 cm³/mol. The Hall–Kier alpha value is -1.47. The van der Waals surface area contributed by atoms with E-state index in [0.29, 0.717) is 29.4 Å². The fourth-order valence-corrected chi connectivity index (χ4v) is 7.59. The molecule has 0 aromatic rings. The summed E-state index contributed by atoms with van der Waals surface area (Å²) in [5.74, 6) is -1.21. The number of likely N-dealkylation sites (N-methyl/N-ethyl adjacent to an activating group) is 1. The quantitative estimate of drug-likeness (QED) is 0.140. The Morgan fingerprint density at radius 1 is 1.23 bits per heavy atom. The van der Waals surface area contributed by atoms with E-state index in [1.807, 2.05) is 35.0 Å². The number of ketones is 1. The number of rotatable bonds is 12. The van der Waals surface area contributed by atoms with E-state index in [9.17, 15) is 29.3 Å². The first-order valence-electron chi connectivity index (χ1n) is 14.7.